The molecular weight excluding hydrogens is 428 g/mol. The van der Waals surface area contributed by atoms with Crippen LogP contribution in [0.1, 0.15) is 10.4 Å². The zero-order valence-corrected chi connectivity index (χ0v) is 17.9. The largest absolute Gasteiger partial charge is 0.384 e. The Morgan fingerprint density at radius 3 is 2.50 bits per heavy atom. The van der Waals surface area contributed by atoms with Crippen LogP contribution in [-0.4, -0.2) is 35.4 Å². The highest BCUT2D eigenvalue weighted by Crippen LogP contribution is 2.26. The number of hydrogen-bond donors (Lipinski definition) is 1. The van der Waals surface area contributed by atoms with E-state index in [9.17, 15) is 14.4 Å². The minimum atomic E-state index is -0.726. The number of nitrogen functional groups attached to an aromatic ring is 1. The molecule has 0 radical (unpaired) electrons. The lowest BCUT2D eigenvalue weighted by molar-refractivity contribution is 0.102. The predicted octanol–water partition coefficient (Wildman–Crippen LogP) is 1.74. The second kappa shape index (κ2) is 8.72. The Morgan fingerprint density at radius 1 is 1.20 bits per heavy atom. The highest BCUT2D eigenvalue weighted by Gasteiger charge is 2.22. The Kier molecular flexibility index (Phi) is 6.28. The first-order chi connectivity index (χ1) is 14.3. The molecule has 11 heteroatoms. The third kappa shape index (κ3) is 3.96. The van der Waals surface area contributed by atoms with Crippen LogP contribution in [0.25, 0.3) is 11.4 Å². The van der Waals surface area contributed by atoms with Gasteiger partial charge in [-0.05, 0) is 24.3 Å². The maximum Gasteiger partial charge on any atom is 0.332 e. The summed E-state index contributed by atoms with van der Waals surface area (Å²) in [7, 11) is 2.70. The minimum Gasteiger partial charge on any atom is -0.384 e. The molecule has 0 fully saturated rings. The molecule has 3 aromatic rings. The number of ketones is 1. The van der Waals surface area contributed by atoms with Crippen molar-refractivity contribution in [3.05, 3.63) is 68.3 Å². The fourth-order valence-corrected chi connectivity index (χ4v) is 3.77. The Balaban J connectivity index is 1.91. The van der Waals surface area contributed by atoms with E-state index in [-0.39, 0.29) is 17.1 Å². The molecule has 0 saturated heterocycles. The molecule has 3 rings (SSSR count). The average molecular weight is 447 g/mol. The summed E-state index contributed by atoms with van der Waals surface area (Å²) in [6, 6.07) is 7.14. The number of halogens is 1. The number of thioether (sulfide) groups is 1. The number of benzene rings is 1. The van der Waals surface area contributed by atoms with Gasteiger partial charge in [-0.25, -0.2) is 4.79 Å². The lowest BCUT2D eigenvalue weighted by Gasteiger charge is -2.11. The van der Waals surface area contributed by atoms with Gasteiger partial charge in [0.05, 0.1) is 5.75 Å². The van der Waals surface area contributed by atoms with Crippen molar-refractivity contribution in [1.29, 1.82) is 0 Å². The number of nitrogens with zero attached hydrogens (tertiary/aromatic N) is 5. The van der Waals surface area contributed by atoms with Gasteiger partial charge in [0.25, 0.3) is 5.56 Å². The van der Waals surface area contributed by atoms with Crippen molar-refractivity contribution in [1.82, 2.24) is 23.9 Å². The van der Waals surface area contributed by atoms with E-state index in [0.717, 1.165) is 26.5 Å². The molecule has 0 amide bonds. The molecule has 2 aromatic heterocycles. The van der Waals surface area contributed by atoms with Gasteiger partial charge in [-0.1, -0.05) is 29.4 Å². The van der Waals surface area contributed by atoms with Gasteiger partial charge in [0.15, 0.2) is 16.8 Å². The summed E-state index contributed by atoms with van der Waals surface area (Å²) in [5, 5.41) is 9.46. The molecular formula is C19H19ClN6O3S. The summed E-state index contributed by atoms with van der Waals surface area (Å²) in [6.07, 6.45) is 1.69. The fourth-order valence-electron chi connectivity index (χ4n) is 2.83. The van der Waals surface area contributed by atoms with Crippen molar-refractivity contribution in [3.8, 4) is 11.4 Å². The maximum absolute atomic E-state index is 12.7. The molecule has 0 atom stereocenters. The summed E-state index contributed by atoms with van der Waals surface area (Å²) >= 11 is 7.06. The van der Waals surface area contributed by atoms with E-state index < -0.39 is 17.0 Å². The first-order valence-corrected chi connectivity index (χ1v) is 10.1. The Labute approximate surface area is 180 Å². The second-order valence-corrected chi connectivity index (χ2v) is 7.77. The van der Waals surface area contributed by atoms with Crippen molar-refractivity contribution < 1.29 is 4.79 Å². The Hall–Kier alpha value is -3.11. The van der Waals surface area contributed by atoms with Gasteiger partial charge in [-0.2, -0.15) is 0 Å². The molecule has 30 heavy (non-hydrogen) atoms. The third-order valence-electron chi connectivity index (χ3n) is 4.45. The van der Waals surface area contributed by atoms with Gasteiger partial charge in [-0.3, -0.25) is 23.3 Å². The second-order valence-electron chi connectivity index (χ2n) is 6.39. The van der Waals surface area contributed by atoms with E-state index in [1.165, 1.54) is 14.1 Å². The van der Waals surface area contributed by atoms with Gasteiger partial charge in [0.1, 0.15) is 11.4 Å². The van der Waals surface area contributed by atoms with Crippen molar-refractivity contribution in [3.63, 3.8) is 0 Å². The van der Waals surface area contributed by atoms with E-state index >= 15 is 0 Å². The van der Waals surface area contributed by atoms with Crippen LogP contribution in [0.2, 0.25) is 5.02 Å². The normalized spacial score (nSPS) is 10.9. The number of nitrogens with two attached hydrogens (primary N) is 1. The first kappa shape index (κ1) is 21.6. The molecule has 9 nitrogen and oxygen atoms in total. The van der Waals surface area contributed by atoms with Crippen LogP contribution in [0.4, 0.5) is 5.82 Å². The van der Waals surface area contributed by atoms with Crippen molar-refractivity contribution in [2.24, 2.45) is 14.1 Å². The number of Topliss-reactive ketones (excluding diaryl/α,β-unsaturated/α-hetero) is 1. The number of aromatic nitrogens is 5. The molecule has 2 N–H and O–H groups in total. The van der Waals surface area contributed by atoms with Crippen molar-refractivity contribution in [2.75, 3.05) is 11.5 Å². The van der Waals surface area contributed by atoms with Crippen LogP contribution in [0.3, 0.4) is 0 Å². The molecule has 0 aliphatic heterocycles. The van der Waals surface area contributed by atoms with E-state index in [4.69, 9.17) is 17.3 Å². The van der Waals surface area contributed by atoms with Gasteiger partial charge in [0.2, 0.25) is 0 Å². The van der Waals surface area contributed by atoms with Gasteiger partial charge in [-0.15, -0.1) is 16.8 Å². The number of rotatable bonds is 7. The average Bonchev–Trinajstić information content (AvgIpc) is 3.13. The predicted molar refractivity (Wildman–Crippen MR) is 117 cm³/mol. The zero-order chi connectivity index (χ0) is 22.0. The smallest absolute Gasteiger partial charge is 0.332 e. The molecule has 2 heterocycles. The van der Waals surface area contributed by atoms with Gasteiger partial charge in [0, 0.05) is 31.2 Å². The quantitative estimate of drug-likeness (QED) is 0.333. The number of carbonyl (C=O) groups excluding carboxylic acids is 1. The van der Waals surface area contributed by atoms with Gasteiger partial charge < -0.3 is 5.73 Å². The number of anilines is 1. The van der Waals surface area contributed by atoms with Crippen molar-refractivity contribution in [2.45, 2.75) is 11.7 Å². The Morgan fingerprint density at radius 2 is 1.87 bits per heavy atom. The van der Waals surface area contributed by atoms with Crippen LogP contribution in [0, 0.1) is 0 Å². The number of hydrogen-bond acceptors (Lipinski definition) is 7. The fraction of sp³-hybridized carbons (Fsp3) is 0.211. The summed E-state index contributed by atoms with van der Waals surface area (Å²) < 4.78 is 3.72. The molecule has 0 unspecified atom stereocenters. The van der Waals surface area contributed by atoms with Crippen LogP contribution >= 0.6 is 23.4 Å². The summed E-state index contributed by atoms with van der Waals surface area (Å²) in [5.41, 5.74) is 5.12. The maximum atomic E-state index is 12.7. The SMILES string of the molecule is C=CCn1c(SCC(=O)c2c(N)n(C)c(=O)n(C)c2=O)nnc1-c1ccc(Cl)cc1. The monoisotopic (exact) mass is 446 g/mol. The summed E-state index contributed by atoms with van der Waals surface area (Å²) in [6.45, 7) is 4.17. The van der Waals surface area contributed by atoms with E-state index in [1.54, 1.807) is 22.8 Å². The zero-order valence-electron chi connectivity index (χ0n) is 16.3. The van der Waals surface area contributed by atoms with Gasteiger partial charge >= 0.3 is 5.69 Å². The lowest BCUT2D eigenvalue weighted by atomic mass is 10.2. The molecule has 0 aliphatic carbocycles. The van der Waals surface area contributed by atoms with Crippen LogP contribution in [0.15, 0.2) is 51.7 Å². The molecule has 0 bridgehead atoms. The Bertz CT molecular complexity index is 1240. The standard InChI is InChI=1S/C19H19ClN6O3S/c1-4-9-26-16(11-5-7-12(20)8-6-11)22-23-18(26)30-10-13(27)14-15(21)24(2)19(29)25(3)17(14)28/h4-8H,1,9-10,21H2,2-3H3. The van der Waals surface area contributed by atoms with Crippen molar-refractivity contribution >= 4 is 35.0 Å². The van der Waals surface area contributed by atoms with E-state index in [1.807, 2.05) is 12.1 Å². The topological polar surface area (TPSA) is 118 Å². The van der Waals surface area contributed by atoms with Crippen LogP contribution < -0.4 is 17.0 Å². The summed E-state index contributed by atoms with van der Waals surface area (Å²) in [5.74, 6) is -0.176. The highest BCUT2D eigenvalue weighted by molar-refractivity contribution is 7.99. The molecule has 0 aliphatic rings. The molecule has 0 saturated carbocycles. The minimum absolute atomic E-state index is 0.104. The number of allylic oxidation sites excluding steroid dienone is 1. The van der Waals surface area contributed by atoms with E-state index in [0.29, 0.717) is 22.5 Å². The molecule has 0 spiro atoms. The third-order valence-corrected chi connectivity index (χ3v) is 5.67. The highest BCUT2D eigenvalue weighted by atomic mass is 35.5. The van der Waals surface area contributed by atoms with Crippen LogP contribution in [-0.2, 0) is 20.6 Å². The first-order valence-electron chi connectivity index (χ1n) is 8.77. The van der Waals surface area contributed by atoms with Crippen LogP contribution in [0.5, 0.6) is 0 Å². The summed E-state index contributed by atoms with van der Waals surface area (Å²) in [4.78, 5) is 37.1. The molecule has 156 valence electrons. The number of carbonyl (C=O) groups is 1. The van der Waals surface area contributed by atoms with E-state index in [2.05, 4.69) is 16.8 Å². The molecule has 1 aromatic carbocycles. The lowest BCUT2D eigenvalue weighted by Crippen LogP contribution is -2.41.